The highest BCUT2D eigenvalue weighted by Gasteiger charge is 2.69. The number of benzene rings is 2. The van der Waals surface area contributed by atoms with Gasteiger partial charge in [0, 0.05) is 5.92 Å². The van der Waals surface area contributed by atoms with Crippen LogP contribution < -0.4 is 4.74 Å². The molecule has 0 aliphatic heterocycles. The summed E-state index contributed by atoms with van der Waals surface area (Å²) in [6, 6.07) is 17.2. The van der Waals surface area contributed by atoms with Gasteiger partial charge in [-0.3, -0.25) is 4.79 Å². The zero-order valence-corrected chi connectivity index (χ0v) is 19.2. The lowest BCUT2D eigenvalue weighted by Gasteiger charge is -2.13. The summed E-state index contributed by atoms with van der Waals surface area (Å²) in [5.41, 5.74) is 0.760. The fourth-order valence-corrected chi connectivity index (χ4v) is 5.82. The molecular weight excluding hydrogens is 528 g/mol. The van der Waals surface area contributed by atoms with Gasteiger partial charge in [-0.05, 0) is 35.2 Å². The molecule has 1 fully saturated rings. The van der Waals surface area contributed by atoms with Crippen LogP contribution in [0.1, 0.15) is 19.4 Å². The third-order valence-electron chi connectivity index (χ3n) is 4.69. The van der Waals surface area contributed by atoms with E-state index in [1.807, 2.05) is 54.6 Å². The molecule has 26 heavy (non-hydrogen) atoms. The molecule has 1 saturated carbocycles. The zero-order chi connectivity index (χ0) is 18.9. The first-order valence-electron chi connectivity index (χ1n) is 8.25. The van der Waals surface area contributed by atoms with Crippen molar-refractivity contribution in [1.82, 2.24) is 0 Å². The highest BCUT2D eigenvalue weighted by Crippen LogP contribution is 2.69. The van der Waals surface area contributed by atoms with Gasteiger partial charge in [-0.25, -0.2) is 0 Å². The zero-order valence-electron chi connectivity index (χ0n) is 14.4. The molecule has 138 valence electrons. The average molecular weight is 547 g/mol. The topological polar surface area (TPSA) is 35.5 Å². The summed E-state index contributed by atoms with van der Waals surface area (Å²) in [6.45, 7) is 4.36. The van der Waals surface area contributed by atoms with Gasteiger partial charge in [-0.15, -0.1) is 0 Å². The van der Waals surface area contributed by atoms with Gasteiger partial charge < -0.3 is 9.47 Å². The van der Waals surface area contributed by atoms with E-state index < -0.39 is 2.14 Å². The average Bonchev–Trinajstić information content (AvgIpc) is 3.17. The Morgan fingerprint density at radius 2 is 1.69 bits per heavy atom. The monoisotopic (exact) mass is 544 g/mol. The molecule has 3 nitrogen and oxygen atoms in total. The number of esters is 1. The summed E-state index contributed by atoms with van der Waals surface area (Å²) in [7, 11) is 0. The van der Waals surface area contributed by atoms with Crippen molar-refractivity contribution >= 4 is 53.8 Å². The van der Waals surface area contributed by atoms with Crippen molar-refractivity contribution in [2.75, 3.05) is 0 Å². The smallest absolute Gasteiger partial charge is 0.310 e. The molecule has 0 N–H and O–H groups in total. The molecule has 2 aromatic carbocycles. The minimum Gasteiger partial charge on any atom is -0.461 e. The number of ether oxygens (including phenoxy) is 2. The molecule has 1 aliphatic carbocycles. The predicted molar refractivity (Wildman–Crippen MR) is 113 cm³/mol. The molecule has 0 amide bonds. The van der Waals surface area contributed by atoms with E-state index >= 15 is 0 Å². The standard InChI is InChI=1S/C20H19Br3O3/c1-19(2)16(17(19)20(21,22)23)18(24)25-12-13-7-6-10-15(11-13)26-14-8-4-3-5-9-14/h3-11,16-17H,12H2,1-2H3. The maximum atomic E-state index is 12.5. The molecule has 2 unspecified atom stereocenters. The number of hydrogen-bond donors (Lipinski definition) is 0. The first-order chi connectivity index (χ1) is 12.2. The van der Waals surface area contributed by atoms with Crippen LogP contribution in [0.5, 0.6) is 11.5 Å². The predicted octanol–water partition coefficient (Wildman–Crippen LogP) is 6.63. The SMILES string of the molecule is CC1(C)C(C(=O)OCc2cccc(Oc3ccccc3)c2)C1C(Br)(Br)Br. The number of carbonyl (C=O) groups is 1. The van der Waals surface area contributed by atoms with Gasteiger partial charge in [0.2, 0.25) is 0 Å². The van der Waals surface area contributed by atoms with Gasteiger partial charge >= 0.3 is 5.97 Å². The van der Waals surface area contributed by atoms with Crippen LogP contribution >= 0.6 is 47.8 Å². The van der Waals surface area contributed by atoms with Crippen molar-refractivity contribution in [3.8, 4) is 11.5 Å². The summed E-state index contributed by atoms with van der Waals surface area (Å²) < 4.78 is 10.9. The Morgan fingerprint density at radius 1 is 1.04 bits per heavy atom. The van der Waals surface area contributed by atoms with E-state index in [0.29, 0.717) is 0 Å². The van der Waals surface area contributed by atoms with Gasteiger partial charge in [-0.1, -0.05) is 92.0 Å². The molecule has 0 heterocycles. The molecule has 0 aromatic heterocycles. The van der Waals surface area contributed by atoms with Gasteiger partial charge in [-0.2, -0.15) is 0 Å². The molecule has 0 radical (unpaired) electrons. The normalized spacial score (nSPS) is 21.1. The number of rotatable bonds is 5. The fourth-order valence-electron chi connectivity index (χ4n) is 3.26. The van der Waals surface area contributed by atoms with E-state index in [2.05, 4.69) is 61.6 Å². The molecule has 0 spiro atoms. The van der Waals surface area contributed by atoms with Crippen molar-refractivity contribution in [2.45, 2.75) is 22.6 Å². The summed E-state index contributed by atoms with van der Waals surface area (Å²) in [6.07, 6.45) is 0. The Labute approximate surface area is 178 Å². The Balaban J connectivity index is 1.60. The summed E-state index contributed by atoms with van der Waals surface area (Å²) >= 11 is 10.6. The van der Waals surface area contributed by atoms with Crippen LogP contribution in [0.4, 0.5) is 0 Å². The number of para-hydroxylation sites is 1. The Hall–Kier alpha value is -0.850. The van der Waals surface area contributed by atoms with Crippen LogP contribution in [0.25, 0.3) is 0 Å². The number of alkyl halides is 3. The second kappa shape index (κ2) is 7.64. The van der Waals surface area contributed by atoms with Crippen LogP contribution in [0.2, 0.25) is 0 Å². The molecular formula is C20H19Br3O3. The van der Waals surface area contributed by atoms with E-state index in [-0.39, 0.29) is 29.8 Å². The van der Waals surface area contributed by atoms with Crippen LogP contribution in [0.15, 0.2) is 54.6 Å². The van der Waals surface area contributed by atoms with Crippen LogP contribution in [-0.2, 0) is 16.1 Å². The molecule has 3 rings (SSSR count). The van der Waals surface area contributed by atoms with Crippen molar-refractivity contribution in [3.63, 3.8) is 0 Å². The molecule has 2 atom stereocenters. The van der Waals surface area contributed by atoms with Crippen LogP contribution in [-0.4, -0.2) is 8.11 Å². The lowest BCUT2D eigenvalue weighted by atomic mass is 10.1. The quantitative estimate of drug-likeness (QED) is 0.312. The van der Waals surface area contributed by atoms with Gasteiger partial charge in [0.25, 0.3) is 0 Å². The molecule has 0 bridgehead atoms. The van der Waals surface area contributed by atoms with Gasteiger partial charge in [0.05, 0.1) is 5.92 Å². The molecule has 2 aromatic rings. The maximum absolute atomic E-state index is 12.5. The first-order valence-corrected chi connectivity index (χ1v) is 10.6. The lowest BCUT2D eigenvalue weighted by molar-refractivity contribution is -0.147. The molecule has 6 heteroatoms. The summed E-state index contributed by atoms with van der Waals surface area (Å²) in [4.78, 5) is 12.5. The van der Waals surface area contributed by atoms with E-state index in [1.165, 1.54) is 0 Å². The van der Waals surface area contributed by atoms with Crippen molar-refractivity contribution in [3.05, 3.63) is 60.2 Å². The largest absolute Gasteiger partial charge is 0.461 e. The number of carbonyl (C=O) groups excluding carboxylic acids is 1. The van der Waals surface area contributed by atoms with Crippen molar-refractivity contribution < 1.29 is 14.3 Å². The molecule has 1 aliphatic rings. The second-order valence-corrected chi connectivity index (χ2v) is 13.9. The van der Waals surface area contributed by atoms with E-state index in [0.717, 1.165) is 17.1 Å². The van der Waals surface area contributed by atoms with Gasteiger partial charge in [0.15, 0.2) is 0 Å². The van der Waals surface area contributed by atoms with Crippen LogP contribution in [0.3, 0.4) is 0 Å². The lowest BCUT2D eigenvalue weighted by Crippen LogP contribution is -2.13. The Morgan fingerprint density at radius 3 is 2.31 bits per heavy atom. The Kier molecular flexibility index (Phi) is 5.85. The third kappa shape index (κ3) is 4.52. The first kappa shape index (κ1) is 19.9. The van der Waals surface area contributed by atoms with E-state index in [1.54, 1.807) is 0 Å². The summed E-state index contributed by atoms with van der Waals surface area (Å²) in [5, 5.41) is 0. The number of halogens is 3. The highest BCUT2D eigenvalue weighted by atomic mass is 80.0. The highest BCUT2D eigenvalue weighted by molar-refractivity contribution is 9.39. The minimum absolute atomic E-state index is 0.107. The van der Waals surface area contributed by atoms with Gasteiger partial charge in [0.1, 0.15) is 20.2 Å². The minimum atomic E-state index is -0.455. The Bertz CT molecular complexity index is 784. The van der Waals surface area contributed by atoms with Crippen molar-refractivity contribution in [2.24, 2.45) is 17.3 Å². The summed E-state index contributed by atoms with van der Waals surface area (Å²) in [5.74, 6) is 1.25. The third-order valence-corrected chi connectivity index (χ3v) is 6.17. The number of hydrogen-bond acceptors (Lipinski definition) is 3. The fraction of sp³-hybridized carbons (Fsp3) is 0.350. The van der Waals surface area contributed by atoms with E-state index in [9.17, 15) is 4.79 Å². The maximum Gasteiger partial charge on any atom is 0.310 e. The van der Waals surface area contributed by atoms with Crippen molar-refractivity contribution in [1.29, 1.82) is 0 Å². The van der Waals surface area contributed by atoms with E-state index in [4.69, 9.17) is 9.47 Å². The second-order valence-electron chi connectivity index (χ2n) is 6.99. The molecule has 0 saturated heterocycles. The van der Waals surface area contributed by atoms with Crippen LogP contribution in [0, 0.1) is 17.3 Å².